The van der Waals surface area contributed by atoms with Crippen LogP contribution in [0.5, 0.6) is 34.5 Å². The molecule has 0 saturated carbocycles. The van der Waals surface area contributed by atoms with Crippen molar-refractivity contribution in [2.45, 2.75) is 50.2 Å². The third-order valence-electron chi connectivity index (χ3n) is 9.89. The Kier molecular flexibility index (Phi) is 16.1. The van der Waals surface area contributed by atoms with Gasteiger partial charge < -0.3 is 24.2 Å². The second kappa shape index (κ2) is 19.5. The molecule has 0 saturated heterocycles. The van der Waals surface area contributed by atoms with Gasteiger partial charge in [-0.25, -0.2) is 16.8 Å². The predicted octanol–water partition coefficient (Wildman–Crippen LogP) is 5.05. The van der Waals surface area contributed by atoms with E-state index in [4.69, 9.17) is 9.47 Å². The second-order valence-electron chi connectivity index (χ2n) is 13.8. The van der Waals surface area contributed by atoms with Gasteiger partial charge in [0.25, 0.3) is 0 Å². The van der Waals surface area contributed by atoms with E-state index in [1.807, 2.05) is 0 Å². The quantitative estimate of drug-likeness (QED) is 0.0788. The molecule has 344 valence electrons. The van der Waals surface area contributed by atoms with Crippen LogP contribution in [0.25, 0.3) is 0 Å². The normalized spacial score (nSPS) is 13.0. The summed E-state index contributed by atoms with van der Waals surface area (Å²) in [6.45, 7) is 0. The Labute approximate surface area is 416 Å². The van der Waals surface area contributed by atoms with E-state index in [2.05, 4.69) is 6.07 Å². The summed E-state index contributed by atoms with van der Waals surface area (Å²) < 4.78 is 248. The fraction of sp³-hybridized carbons (Fsp3) is 0.143. The second-order valence-corrected chi connectivity index (χ2v) is 17.1. The number of benzene rings is 6. The number of rotatable bonds is 11. The summed E-state index contributed by atoms with van der Waals surface area (Å²) in [7, 11) is -10.4. The molecule has 9 nitrogen and oxygen atoms in total. The molecule has 6 aromatic carbocycles. The molecule has 0 heterocycles. The molecule has 0 amide bonds. The van der Waals surface area contributed by atoms with Gasteiger partial charge in [0, 0.05) is 5.75 Å². The molecule has 0 aliphatic heterocycles. The van der Waals surface area contributed by atoms with Crippen molar-refractivity contribution >= 4 is 20.0 Å². The van der Waals surface area contributed by atoms with E-state index in [1.54, 1.807) is 0 Å². The molecular weight excluding hydrogens is 987 g/mol. The summed E-state index contributed by atoms with van der Waals surface area (Å²) in [5.74, 6) is -3.37. The summed E-state index contributed by atoms with van der Waals surface area (Å²) in [6, 6.07) is 15.5. The summed E-state index contributed by atoms with van der Waals surface area (Å²) in [6.07, 6.45) is -23.9. The monoisotopic (exact) mass is 1010 g/mol. The maximum absolute atomic E-state index is 14.5. The van der Waals surface area contributed by atoms with Crippen LogP contribution in [-0.2, 0) is 30.8 Å². The molecule has 0 bridgehead atoms. The summed E-state index contributed by atoms with van der Waals surface area (Å²) in [4.78, 5) is -2.81. The minimum Gasteiger partial charge on any atom is -0.744 e. The maximum atomic E-state index is 14.5. The number of alkyl halides is 12. The molecule has 0 radical (unpaired) electrons. The molecular formula is C42H24F12Na2O9S2. The van der Waals surface area contributed by atoms with E-state index in [0.717, 1.165) is 36.4 Å². The number of halogens is 12. The number of sulfone groups is 1. The summed E-state index contributed by atoms with van der Waals surface area (Å²) in [5, 5.41) is 19.0. The molecule has 0 unspecified atom stereocenters. The zero-order valence-corrected chi connectivity index (χ0v) is 39.4. The van der Waals surface area contributed by atoms with E-state index >= 15 is 0 Å². The predicted molar refractivity (Wildman–Crippen MR) is 200 cm³/mol. The first-order valence-electron chi connectivity index (χ1n) is 17.7. The zero-order valence-electron chi connectivity index (χ0n) is 33.8. The fourth-order valence-electron chi connectivity index (χ4n) is 6.89. The number of hydrogen-bond donors (Lipinski definition) is 2. The van der Waals surface area contributed by atoms with Gasteiger partial charge in [-0.1, -0.05) is 48.5 Å². The Morgan fingerprint density at radius 2 is 0.806 bits per heavy atom. The average molecular weight is 1010 g/mol. The van der Waals surface area contributed by atoms with Crippen LogP contribution < -0.4 is 68.6 Å². The first-order chi connectivity index (χ1) is 29.9. The number of phenolic OH excluding ortho intramolecular Hbond substituents is 2. The van der Waals surface area contributed by atoms with Crippen molar-refractivity contribution in [2.24, 2.45) is 0 Å². The Balaban J connectivity index is 0.00000490. The molecule has 0 fully saturated rings. The Bertz CT molecular complexity index is 2880. The van der Waals surface area contributed by atoms with Gasteiger partial charge in [0.2, 0.25) is 10.8 Å². The molecule has 6 aromatic rings. The van der Waals surface area contributed by atoms with Crippen molar-refractivity contribution < 1.29 is 153 Å². The van der Waals surface area contributed by atoms with Gasteiger partial charge >= 0.3 is 83.8 Å². The molecule has 0 spiro atoms. The number of aromatic hydroxyl groups is 2. The van der Waals surface area contributed by atoms with Crippen molar-refractivity contribution in [3.8, 4) is 34.5 Å². The van der Waals surface area contributed by atoms with Gasteiger partial charge in [-0.2, -0.15) is 64.8 Å². The van der Waals surface area contributed by atoms with Crippen LogP contribution in [0, 0.1) is 6.07 Å². The van der Waals surface area contributed by atoms with Gasteiger partial charge in [0.15, 0.2) is 9.84 Å². The number of ether oxygens (including phenoxy) is 2. The number of hydrogen-bond acceptors (Lipinski definition) is 9. The van der Waals surface area contributed by atoms with Crippen LogP contribution in [0.15, 0.2) is 148 Å². The molecule has 67 heavy (non-hydrogen) atoms. The van der Waals surface area contributed by atoms with Gasteiger partial charge in [-0.05, 0) is 93.9 Å². The van der Waals surface area contributed by atoms with Crippen molar-refractivity contribution in [3.05, 3.63) is 162 Å². The fourth-order valence-corrected chi connectivity index (χ4v) is 8.84. The van der Waals surface area contributed by atoms with Gasteiger partial charge in [-0.15, -0.1) is 12.1 Å². The van der Waals surface area contributed by atoms with E-state index in [0.29, 0.717) is 97.1 Å². The summed E-state index contributed by atoms with van der Waals surface area (Å²) in [5.41, 5.74) is -14.4. The molecule has 0 aliphatic carbocycles. The first-order valence-corrected chi connectivity index (χ1v) is 20.6. The Morgan fingerprint density at radius 3 is 1.13 bits per heavy atom. The van der Waals surface area contributed by atoms with E-state index in [9.17, 15) is 84.3 Å². The molecule has 2 N–H and O–H groups in total. The minimum atomic E-state index is -6.01. The van der Waals surface area contributed by atoms with Crippen LogP contribution in [0.2, 0.25) is 0 Å². The molecule has 0 aliphatic rings. The van der Waals surface area contributed by atoms with E-state index in [-0.39, 0.29) is 70.6 Å². The van der Waals surface area contributed by atoms with Gasteiger partial charge in [0.1, 0.15) is 38.9 Å². The summed E-state index contributed by atoms with van der Waals surface area (Å²) >= 11 is 0. The van der Waals surface area contributed by atoms with Crippen molar-refractivity contribution in [2.75, 3.05) is 0 Å². The third kappa shape index (κ3) is 10.4. The van der Waals surface area contributed by atoms with Gasteiger partial charge in [-0.3, -0.25) is 0 Å². The van der Waals surface area contributed by atoms with E-state index in [1.165, 1.54) is 0 Å². The van der Waals surface area contributed by atoms with Crippen LogP contribution >= 0.6 is 0 Å². The van der Waals surface area contributed by atoms with Crippen LogP contribution in [-0.4, -0.2) is 56.3 Å². The Hall–Kier alpha value is -4.46. The van der Waals surface area contributed by atoms with Crippen LogP contribution in [0.1, 0.15) is 22.3 Å². The SMILES string of the molecule is O=S(=O)([O-])c1cc(S(=O)(=O)c2c[c-]c(Oc3ccc(C(c4ccc(O)cc4)(C(F)(F)F)C(F)(F)F)cc3)cc2)ccc1Oc1ccc(C(c2ccc(O)cc2)(C(F)(F)F)C(F)(F)F)cc1.[Na+].[Na+]. The van der Waals surface area contributed by atoms with Crippen molar-refractivity contribution in [3.63, 3.8) is 0 Å². The molecule has 25 heteroatoms. The topological polar surface area (TPSA) is 150 Å². The first kappa shape index (κ1) is 55.1. The third-order valence-corrected chi connectivity index (χ3v) is 12.5. The van der Waals surface area contributed by atoms with Gasteiger partial charge in [0.05, 0.1) is 9.79 Å². The molecule has 6 rings (SSSR count). The zero-order chi connectivity index (χ0) is 48.2. The van der Waals surface area contributed by atoms with E-state index < -0.39 is 115 Å². The average Bonchev–Trinajstić information content (AvgIpc) is 3.19. The smallest absolute Gasteiger partial charge is 0.744 e. The molecule has 0 aromatic heterocycles. The Morgan fingerprint density at radius 1 is 0.463 bits per heavy atom. The van der Waals surface area contributed by atoms with Crippen LogP contribution in [0.3, 0.4) is 0 Å². The minimum absolute atomic E-state index is 0. The molecule has 0 atom stereocenters. The number of phenols is 2. The standard InChI is InChI=1S/C42H25F12O9S2.2Na/c43-39(44,45)37(40(46,47)48,24-1-9-28(55)10-2-24)26-5-13-30(14-6-26)62-31-17-19-33(20-18-31)64(57,58)34-21-22-35(36(23-34)65(59,60)61)63-32-15-7-27(8-16-32)38(41(49,50)51,42(52,53)54)25-3-11-29(56)12-4-25;;/h1-17,19-23,55-56H,(H,59,60,61);;/q-1;2*+1/p-1. The van der Waals surface area contributed by atoms with Crippen molar-refractivity contribution in [1.82, 2.24) is 0 Å². The van der Waals surface area contributed by atoms with Crippen LogP contribution in [0.4, 0.5) is 52.7 Å². The van der Waals surface area contributed by atoms with Crippen molar-refractivity contribution in [1.29, 1.82) is 0 Å². The maximum Gasteiger partial charge on any atom is 1.00 e. The largest absolute Gasteiger partial charge is 1.00 e.